The molecule has 0 aliphatic heterocycles. The number of rotatable bonds is 3. The van der Waals surface area contributed by atoms with Gasteiger partial charge in [0.25, 0.3) is 5.91 Å². The molecule has 0 aromatic carbocycles. The summed E-state index contributed by atoms with van der Waals surface area (Å²) >= 11 is 0. The zero-order chi connectivity index (χ0) is 13.9. The van der Waals surface area contributed by atoms with Gasteiger partial charge in [-0.05, 0) is 24.3 Å². The quantitative estimate of drug-likeness (QED) is 0.791. The highest BCUT2D eigenvalue weighted by molar-refractivity contribution is 6.02. The fraction of sp³-hybridized carbons (Fsp3) is 0.0714. The van der Waals surface area contributed by atoms with Crippen molar-refractivity contribution in [3.8, 4) is 11.3 Å². The van der Waals surface area contributed by atoms with Crippen LogP contribution in [0.25, 0.3) is 11.3 Å². The highest BCUT2D eigenvalue weighted by Crippen LogP contribution is 2.21. The molecule has 0 radical (unpaired) electrons. The summed E-state index contributed by atoms with van der Waals surface area (Å²) in [6, 6.07) is 6.89. The second kappa shape index (κ2) is 5.00. The zero-order valence-corrected chi connectivity index (χ0v) is 10.8. The SMILES string of the molecule is Cn1cc(-c2ccc(C(=O)Nc3cccnc3)o2)cn1. The fourth-order valence-corrected chi connectivity index (χ4v) is 1.79. The maximum absolute atomic E-state index is 12.0. The van der Waals surface area contributed by atoms with E-state index < -0.39 is 0 Å². The number of hydrogen-bond donors (Lipinski definition) is 1. The van der Waals surface area contributed by atoms with Crippen molar-refractivity contribution in [1.82, 2.24) is 14.8 Å². The summed E-state index contributed by atoms with van der Waals surface area (Å²) in [5.41, 5.74) is 1.45. The molecule has 0 aliphatic carbocycles. The van der Waals surface area contributed by atoms with Gasteiger partial charge in [0.05, 0.1) is 23.6 Å². The second-order valence-electron chi connectivity index (χ2n) is 4.26. The Labute approximate surface area is 115 Å². The normalized spacial score (nSPS) is 10.4. The molecule has 3 aromatic heterocycles. The van der Waals surface area contributed by atoms with Crippen molar-refractivity contribution in [2.75, 3.05) is 5.32 Å². The van der Waals surface area contributed by atoms with Gasteiger partial charge in [0.15, 0.2) is 5.76 Å². The Morgan fingerprint density at radius 1 is 1.30 bits per heavy atom. The molecule has 3 heterocycles. The number of carbonyl (C=O) groups excluding carboxylic acids is 1. The van der Waals surface area contributed by atoms with Crippen molar-refractivity contribution in [3.05, 3.63) is 54.8 Å². The molecule has 3 rings (SSSR count). The molecule has 100 valence electrons. The third-order valence-corrected chi connectivity index (χ3v) is 2.74. The molecule has 0 spiro atoms. The number of nitrogens with one attached hydrogen (secondary N) is 1. The van der Waals surface area contributed by atoms with Gasteiger partial charge in [0, 0.05) is 19.4 Å². The molecule has 1 N–H and O–H groups in total. The van der Waals surface area contributed by atoms with Gasteiger partial charge in [0.2, 0.25) is 0 Å². The van der Waals surface area contributed by atoms with Crippen molar-refractivity contribution >= 4 is 11.6 Å². The molecule has 0 bridgehead atoms. The fourth-order valence-electron chi connectivity index (χ4n) is 1.79. The summed E-state index contributed by atoms with van der Waals surface area (Å²) in [7, 11) is 1.82. The maximum atomic E-state index is 12.0. The third-order valence-electron chi connectivity index (χ3n) is 2.74. The van der Waals surface area contributed by atoms with Crippen molar-refractivity contribution in [1.29, 1.82) is 0 Å². The molecule has 0 unspecified atom stereocenters. The molecule has 0 aliphatic rings. The Morgan fingerprint density at radius 2 is 2.20 bits per heavy atom. The van der Waals surface area contributed by atoms with Crippen LogP contribution in [-0.2, 0) is 7.05 Å². The average Bonchev–Trinajstić information content (AvgIpc) is 3.08. The molecule has 0 saturated carbocycles. The smallest absolute Gasteiger partial charge is 0.291 e. The summed E-state index contributed by atoms with van der Waals surface area (Å²) in [6.45, 7) is 0. The number of amides is 1. The van der Waals surface area contributed by atoms with Gasteiger partial charge < -0.3 is 9.73 Å². The summed E-state index contributed by atoms with van der Waals surface area (Å²) in [4.78, 5) is 15.9. The van der Waals surface area contributed by atoms with E-state index in [-0.39, 0.29) is 11.7 Å². The van der Waals surface area contributed by atoms with Crippen molar-refractivity contribution in [3.63, 3.8) is 0 Å². The Kier molecular flexibility index (Phi) is 3.04. The highest BCUT2D eigenvalue weighted by atomic mass is 16.3. The first kappa shape index (κ1) is 12.2. The Hall–Kier alpha value is -2.89. The van der Waals surface area contributed by atoms with Crippen LogP contribution in [0.5, 0.6) is 0 Å². The van der Waals surface area contributed by atoms with Gasteiger partial charge in [-0.25, -0.2) is 0 Å². The molecule has 0 saturated heterocycles. The summed E-state index contributed by atoms with van der Waals surface area (Å²) < 4.78 is 7.21. The largest absolute Gasteiger partial charge is 0.451 e. The van der Waals surface area contributed by atoms with E-state index in [0.717, 1.165) is 5.56 Å². The average molecular weight is 268 g/mol. The van der Waals surface area contributed by atoms with Crippen LogP contribution in [0.1, 0.15) is 10.6 Å². The first-order valence-electron chi connectivity index (χ1n) is 6.02. The number of nitrogens with zero attached hydrogens (tertiary/aromatic N) is 3. The summed E-state index contributed by atoms with van der Waals surface area (Å²) in [6.07, 6.45) is 6.72. The molecule has 0 atom stereocenters. The standard InChI is InChI=1S/C14H12N4O2/c1-18-9-10(7-16-18)12-4-5-13(20-12)14(19)17-11-3-2-6-15-8-11/h2-9H,1H3,(H,17,19). The molecular weight excluding hydrogens is 256 g/mol. The van der Waals surface area contributed by atoms with E-state index in [2.05, 4.69) is 15.4 Å². The molecule has 3 aromatic rings. The van der Waals surface area contributed by atoms with Crippen LogP contribution in [0.3, 0.4) is 0 Å². The zero-order valence-electron chi connectivity index (χ0n) is 10.8. The van der Waals surface area contributed by atoms with Crippen LogP contribution in [0, 0.1) is 0 Å². The first-order chi connectivity index (χ1) is 9.72. The first-order valence-corrected chi connectivity index (χ1v) is 6.02. The predicted molar refractivity (Wildman–Crippen MR) is 73.1 cm³/mol. The van der Waals surface area contributed by atoms with Gasteiger partial charge >= 0.3 is 0 Å². The summed E-state index contributed by atoms with van der Waals surface area (Å²) in [5.74, 6) is 0.537. The number of furan rings is 1. The molecule has 0 fully saturated rings. The lowest BCUT2D eigenvalue weighted by atomic mass is 10.3. The minimum absolute atomic E-state index is 0.243. The minimum atomic E-state index is -0.312. The van der Waals surface area contributed by atoms with Crippen LogP contribution in [-0.4, -0.2) is 20.7 Å². The number of hydrogen-bond acceptors (Lipinski definition) is 4. The van der Waals surface area contributed by atoms with E-state index >= 15 is 0 Å². The van der Waals surface area contributed by atoms with Crippen molar-refractivity contribution in [2.45, 2.75) is 0 Å². The molecule has 6 heteroatoms. The van der Waals surface area contributed by atoms with Gasteiger partial charge in [-0.3, -0.25) is 14.5 Å². The van der Waals surface area contributed by atoms with E-state index in [9.17, 15) is 4.79 Å². The highest BCUT2D eigenvalue weighted by Gasteiger charge is 2.13. The molecule has 20 heavy (non-hydrogen) atoms. The Morgan fingerprint density at radius 3 is 2.90 bits per heavy atom. The lowest BCUT2D eigenvalue weighted by molar-refractivity contribution is 0.0997. The monoisotopic (exact) mass is 268 g/mol. The lowest BCUT2D eigenvalue weighted by Crippen LogP contribution is -2.10. The van der Waals surface area contributed by atoms with E-state index in [1.807, 2.05) is 13.2 Å². The van der Waals surface area contributed by atoms with Gasteiger partial charge in [-0.1, -0.05) is 0 Å². The van der Waals surface area contributed by atoms with E-state index in [0.29, 0.717) is 11.4 Å². The van der Waals surface area contributed by atoms with Crippen LogP contribution < -0.4 is 5.32 Å². The predicted octanol–water partition coefficient (Wildman–Crippen LogP) is 2.33. The molecular formula is C14H12N4O2. The van der Waals surface area contributed by atoms with E-state index in [1.165, 1.54) is 0 Å². The number of pyridine rings is 1. The number of aromatic nitrogens is 3. The topological polar surface area (TPSA) is 73.0 Å². The van der Waals surface area contributed by atoms with Crippen LogP contribution >= 0.6 is 0 Å². The number of aryl methyl sites for hydroxylation is 1. The second-order valence-corrected chi connectivity index (χ2v) is 4.26. The van der Waals surface area contributed by atoms with E-state index in [1.54, 1.807) is 47.5 Å². The number of carbonyl (C=O) groups is 1. The Balaban J connectivity index is 1.78. The van der Waals surface area contributed by atoms with Gasteiger partial charge in [-0.15, -0.1) is 0 Å². The van der Waals surface area contributed by atoms with Crippen LogP contribution in [0.2, 0.25) is 0 Å². The maximum Gasteiger partial charge on any atom is 0.291 e. The number of anilines is 1. The van der Waals surface area contributed by atoms with Crippen LogP contribution in [0.15, 0.2) is 53.5 Å². The summed E-state index contributed by atoms with van der Waals surface area (Å²) in [5, 5.41) is 6.77. The van der Waals surface area contributed by atoms with Crippen molar-refractivity contribution < 1.29 is 9.21 Å². The molecule has 6 nitrogen and oxygen atoms in total. The van der Waals surface area contributed by atoms with E-state index in [4.69, 9.17) is 4.42 Å². The van der Waals surface area contributed by atoms with Crippen molar-refractivity contribution in [2.24, 2.45) is 7.05 Å². The van der Waals surface area contributed by atoms with Gasteiger partial charge in [-0.2, -0.15) is 5.10 Å². The molecule has 1 amide bonds. The lowest BCUT2D eigenvalue weighted by Gasteiger charge is -2.01. The van der Waals surface area contributed by atoms with Crippen LogP contribution in [0.4, 0.5) is 5.69 Å². The third kappa shape index (κ3) is 2.44. The Bertz CT molecular complexity index is 730. The van der Waals surface area contributed by atoms with Gasteiger partial charge in [0.1, 0.15) is 5.76 Å². The minimum Gasteiger partial charge on any atom is -0.451 e.